The number of hydrogen-bond acceptors (Lipinski definition) is 1. The topological polar surface area (TPSA) is 41.8 Å². The number of hydrogen-bond donors (Lipinski definition) is 2. The first kappa shape index (κ1) is 8.85. The minimum Gasteiger partial charge on any atom is -0.356 e. The summed E-state index contributed by atoms with van der Waals surface area (Å²) in [6, 6.07) is 2.13. The average molecular weight is 208 g/mol. The van der Waals surface area contributed by atoms with Crippen molar-refractivity contribution in [3.05, 3.63) is 35.0 Å². The molecule has 3 rings (SSSR count). The van der Waals surface area contributed by atoms with E-state index in [1.807, 2.05) is 0 Å². The fourth-order valence-electron chi connectivity index (χ4n) is 2.36. The van der Waals surface area contributed by atoms with E-state index >= 15 is 0 Å². The molecular weight excluding hydrogens is 198 g/mol. The van der Waals surface area contributed by atoms with Gasteiger partial charge in [-0.1, -0.05) is 0 Å². The molecule has 0 aliphatic heterocycles. The molecule has 2 aromatic rings. The zero-order valence-electron chi connectivity index (χ0n) is 7.98. The van der Waals surface area contributed by atoms with Gasteiger partial charge in [0.05, 0.1) is 5.52 Å². The van der Waals surface area contributed by atoms with Crippen LogP contribution in [-0.2, 0) is 6.42 Å². The molecule has 0 spiro atoms. The van der Waals surface area contributed by atoms with Gasteiger partial charge in [-0.05, 0) is 24.5 Å². The number of aromatic amines is 1. The summed E-state index contributed by atoms with van der Waals surface area (Å²) in [4.78, 5) is 2.98. The number of fused-ring (bicyclic) bond motifs is 3. The van der Waals surface area contributed by atoms with Crippen LogP contribution in [0, 0.1) is 11.6 Å². The molecule has 1 aliphatic rings. The van der Waals surface area contributed by atoms with E-state index in [4.69, 9.17) is 5.73 Å². The number of benzene rings is 1. The second-order valence-electron chi connectivity index (χ2n) is 3.97. The van der Waals surface area contributed by atoms with E-state index in [9.17, 15) is 8.78 Å². The molecule has 0 radical (unpaired) electrons. The Labute approximate surface area is 85.1 Å². The van der Waals surface area contributed by atoms with E-state index < -0.39 is 11.6 Å². The lowest BCUT2D eigenvalue weighted by Crippen LogP contribution is -2.04. The number of rotatable bonds is 0. The van der Waals surface area contributed by atoms with Crippen LogP contribution in [0.1, 0.15) is 23.7 Å². The lowest BCUT2D eigenvalue weighted by atomic mass is 10.1. The van der Waals surface area contributed by atoms with Crippen LogP contribution in [0.4, 0.5) is 8.78 Å². The van der Waals surface area contributed by atoms with Crippen LogP contribution in [-0.4, -0.2) is 4.98 Å². The number of halogens is 2. The van der Waals surface area contributed by atoms with Gasteiger partial charge in [0, 0.05) is 23.2 Å². The number of nitrogens with two attached hydrogens (primary N) is 1. The fraction of sp³-hybridized carbons (Fsp3) is 0.273. The van der Waals surface area contributed by atoms with Gasteiger partial charge in [-0.2, -0.15) is 0 Å². The van der Waals surface area contributed by atoms with Crippen LogP contribution in [0.25, 0.3) is 10.9 Å². The smallest absolute Gasteiger partial charge is 0.150 e. The Balaban J connectivity index is 2.41. The Bertz CT molecular complexity index is 545. The minimum atomic E-state index is -0.555. The molecule has 78 valence electrons. The third-order valence-electron chi connectivity index (χ3n) is 3.02. The van der Waals surface area contributed by atoms with Crippen LogP contribution >= 0.6 is 0 Å². The molecular formula is C11H10F2N2. The van der Waals surface area contributed by atoms with E-state index in [2.05, 4.69) is 4.98 Å². The Kier molecular flexibility index (Phi) is 1.65. The largest absolute Gasteiger partial charge is 0.356 e. The monoisotopic (exact) mass is 208 g/mol. The molecule has 4 heteroatoms. The van der Waals surface area contributed by atoms with Crippen molar-refractivity contribution in [1.82, 2.24) is 4.98 Å². The van der Waals surface area contributed by atoms with Crippen LogP contribution < -0.4 is 5.73 Å². The molecule has 1 aromatic heterocycles. The van der Waals surface area contributed by atoms with E-state index in [1.54, 1.807) is 0 Å². The molecule has 1 atom stereocenters. The maximum atomic E-state index is 13.4. The van der Waals surface area contributed by atoms with Gasteiger partial charge >= 0.3 is 0 Å². The van der Waals surface area contributed by atoms with Gasteiger partial charge in [0.25, 0.3) is 0 Å². The average Bonchev–Trinajstić information content (AvgIpc) is 2.68. The molecule has 1 aliphatic carbocycles. The summed E-state index contributed by atoms with van der Waals surface area (Å²) < 4.78 is 26.5. The highest BCUT2D eigenvalue weighted by atomic mass is 19.1. The number of H-pyrrole nitrogens is 1. The Morgan fingerprint density at radius 2 is 2.13 bits per heavy atom. The first-order chi connectivity index (χ1) is 7.16. The molecule has 15 heavy (non-hydrogen) atoms. The van der Waals surface area contributed by atoms with Crippen molar-refractivity contribution in [3.8, 4) is 0 Å². The maximum absolute atomic E-state index is 13.4. The standard InChI is InChI=1S/C11H10F2N2/c12-5-3-6-10-8(14)1-2-9(10)15-11(6)7(13)4-5/h3-4,8,15H,1-2,14H2. The highest BCUT2D eigenvalue weighted by molar-refractivity contribution is 5.86. The van der Waals surface area contributed by atoms with E-state index in [-0.39, 0.29) is 6.04 Å². The highest BCUT2D eigenvalue weighted by Gasteiger charge is 2.25. The minimum absolute atomic E-state index is 0.102. The Morgan fingerprint density at radius 1 is 1.33 bits per heavy atom. The number of aryl methyl sites for hydroxylation is 1. The molecule has 0 amide bonds. The maximum Gasteiger partial charge on any atom is 0.150 e. The van der Waals surface area contributed by atoms with Crippen molar-refractivity contribution in [1.29, 1.82) is 0 Å². The van der Waals surface area contributed by atoms with Crippen molar-refractivity contribution in [2.24, 2.45) is 5.73 Å². The van der Waals surface area contributed by atoms with Crippen LogP contribution in [0.15, 0.2) is 12.1 Å². The molecule has 1 unspecified atom stereocenters. The lowest BCUT2D eigenvalue weighted by Gasteiger charge is -2.02. The fourth-order valence-corrected chi connectivity index (χ4v) is 2.36. The second kappa shape index (κ2) is 2.79. The van der Waals surface area contributed by atoms with Crippen molar-refractivity contribution in [2.75, 3.05) is 0 Å². The van der Waals surface area contributed by atoms with E-state index in [0.29, 0.717) is 10.9 Å². The third kappa shape index (κ3) is 1.11. The Morgan fingerprint density at radius 3 is 2.93 bits per heavy atom. The number of aromatic nitrogens is 1. The number of nitrogens with one attached hydrogen (secondary N) is 1. The summed E-state index contributed by atoms with van der Waals surface area (Å²) in [7, 11) is 0. The normalized spacial score (nSPS) is 19.8. The van der Waals surface area contributed by atoms with E-state index in [1.165, 1.54) is 6.07 Å². The molecule has 1 heterocycles. The summed E-state index contributed by atoms with van der Waals surface area (Å²) in [6.07, 6.45) is 1.65. The Hall–Kier alpha value is -1.42. The quantitative estimate of drug-likeness (QED) is 0.685. The molecule has 3 N–H and O–H groups in total. The molecule has 0 fully saturated rings. The summed E-state index contributed by atoms with van der Waals surface area (Å²) in [6.45, 7) is 0. The lowest BCUT2D eigenvalue weighted by molar-refractivity contribution is 0.590. The summed E-state index contributed by atoms with van der Waals surface area (Å²) in [5.74, 6) is -1.10. The van der Waals surface area contributed by atoms with Gasteiger partial charge in [0.2, 0.25) is 0 Å². The molecule has 0 bridgehead atoms. The van der Waals surface area contributed by atoms with Crippen molar-refractivity contribution >= 4 is 10.9 Å². The van der Waals surface area contributed by atoms with Crippen LogP contribution in [0.5, 0.6) is 0 Å². The van der Waals surface area contributed by atoms with Gasteiger partial charge < -0.3 is 10.7 Å². The first-order valence-corrected chi connectivity index (χ1v) is 4.92. The molecule has 0 saturated heterocycles. The van der Waals surface area contributed by atoms with Gasteiger partial charge in [-0.25, -0.2) is 8.78 Å². The van der Waals surface area contributed by atoms with Gasteiger partial charge in [0.1, 0.15) is 11.6 Å². The van der Waals surface area contributed by atoms with Gasteiger partial charge in [0.15, 0.2) is 0 Å². The van der Waals surface area contributed by atoms with Gasteiger partial charge in [-0.15, -0.1) is 0 Å². The second-order valence-corrected chi connectivity index (χ2v) is 3.97. The first-order valence-electron chi connectivity index (χ1n) is 4.92. The van der Waals surface area contributed by atoms with E-state index in [0.717, 1.165) is 30.2 Å². The zero-order valence-corrected chi connectivity index (χ0v) is 7.98. The van der Waals surface area contributed by atoms with Crippen LogP contribution in [0.3, 0.4) is 0 Å². The van der Waals surface area contributed by atoms with Crippen molar-refractivity contribution in [3.63, 3.8) is 0 Å². The highest BCUT2D eigenvalue weighted by Crippen LogP contribution is 2.36. The molecule has 1 aromatic carbocycles. The van der Waals surface area contributed by atoms with Crippen molar-refractivity contribution in [2.45, 2.75) is 18.9 Å². The summed E-state index contributed by atoms with van der Waals surface area (Å²) >= 11 is 0. The summed E-state index contributed by atoms with van der Waals surface area (Å²) in [5, 5.41) is 0.590. The zero-order chi connectivity index (χ0) is 10.6. The van der Waals surface area contributed by atoms with Gasteiger partial charge in [-0.3, -0.25) is 0 Å². The molecule has 0 saturated carbocycles. The SMILES string of the molecule is NC1CCc2[nH]c3c(F)cc(F)cc3c21. The third-order valence-corrected chi connectivity index (χ3v) is 3.02. The van der Waals surface area contributed by atoms with Crippen molar-refractivity contribution < 1.29 is 8.78 Å². The van der Waals surface area contributed by atoms with Crippen LogP contribution in [0.2, 0.25) is 0 Å². The predicted molar refractivity (Wildman–Crippen MR) is 53.5 cm³/mol. The summed E-state index contributed by atoms with van der Waals surface area (Å²) in [5.41, 5.74) is 8.09. The predicted octanol–water partition coefficient (Wildman–Crippen LogP) is 2.39. The molecule has 2 nitrogen and oxygen atoms in total.